The number of hydrazine groups is 1. The molecule has 16 fully saturated rings. The fraction of sp³-hybridized carbons (Fsp3) is 0.952. The third-order valence-electron chi connectivity index (χ3n) is 18.7. The van der Waals surface area contributed by atoms with Gasteiger partial charge in [-0.15, -0.1) is 0 Å². The standard InChI is InChI=1S/C42H64N6/c43-37(47(39-13-25-1-26(14-39)3-27(2-25)15-39)40-16-28-4-29(17-40)6-30(5-28)18-40)45-46-38(44)48(41-19-31-7-32(20-41)9-33(8-31)21-41)42-22-34-10-35(23-42)12-36(11-34)24-42/h25-36H,1-24H2,(H2,43,45)(H2,44,46). The van der Waals surface area contributed by atoms with E-state index in [1.807, 2.05) is 0 Å². The lowest BCUT2D eigenvalue weighted by molar-refractivity contribution is -0.150. The Kier molecular flexibility index (Phi) is 5.89. The lowest BCUT2D eigenvalue weighted by Gasteiger charge is -2.69. The molecule has 16 aliphatic carbocycles. The predicted molar refractivity (Wildman–Crippen MR) is 189 cm³/mol. The molecule has 0 radical (unpaired) electrons. The molecule has 0 spiro atoms. The van der Waals surface area contributed by atoms with E-state index in [9.17, 15) is 10.8 Å². The molecule has 0 aromatic rings. The summed E-state index contributed by atoms with van der Waals surface area (Å²) in [7, 11) is 0. The molecule has 0 amide bonds. The second kappa shape index (κ2) is 9.69. The smallest absolute Gasteiger partial charge is 0.211 e. The van der Waals surface area contributed by atoms with Crippen LogP contribution in [-0.2, 0) is 0 Å². The Hall–Kier alpha value is -1.46. The molecular weight excluding hydrogens is 589 g/mol. The summed E-state index contributed by atoms with van der Waals surface area (Å²) in [4.78, 5) is 5.66. The number of nitrogens with one attached hydrogen (secondary N) is 4. The Labute approximate surface area is 290 Å². The average Bonchev–Trinajstić information content (AvgIpc) is 2.97. The van der Waals surface area contributed by atoms with E-state index in [2.05, 4.69) is 20.7 Å². The lowest BCUT2D eigenvalue weighted by atomic mass is 9.48. The van der Waals surface area contributed by atoms with E-state index in [0.717, 1.165) is 71.0 Å². The van der Waals surface area contributed by atoms with Gasteiger partial charge in [0.25, 0.3) is 0 Å². The largest absolute Gasteiger partial charge is 0.330 e. The maximum Gasteiger partial charge on any atom is 0.211 e. The molecule has 0 saturated heterocycles. The van der Waals surface area contributed by atoms with Crippen molar-refractivity contribution in [3.8, 4) is 0 Å². The Bertz CT molecular complexity index is 1060. The highest BCUT2D eigenvalue weighted by Gasteiger charge is 2.65. The number of hydrogen-bond acceptors (Lipinski definition) is 2. The molecule has 16 saturated carbocycles. The Morgan fingerprint density at radius 1 is 0.312 bits per heavy atom. The van der Waals surface area contributed by atoms with Crippen LogP contribution in [0, 0.1) is 81.8 Å². The fourth-order valence-electron chi connectivity index (χ4n) is 19.5. The molecule has 6 heteroatoms. The van der Waals surface area contributed by atoms with E-state index in [0.29, 0.717) is 11.9 Å². The summed E-state index contributed by atoms with van der Waals surface area (Å²) in [6.45, 7) is 0. The molecule has 0 aliphatic heterocycles. The minimum Gasteiger partial charge on any atom is -0.330 e. The molecule has 16 bridgehead atoms. The summed E-state index contributed by atoms with van der Waals surface area (Å²) in [6.07, 6.45) is 33.5. The zero-order chi connectivity index (χ0) is 31.6. The van der Waals surface area contributed by atoms with E-state index in [4.69, 9.17) is 0 Å². The van der Waals surface area contributed by atoms with Gasteiger partial charge < -0.3 is 9.80 Å². The van der Waals surface area contributed by atoms with Gasteiger partial charge in [0, 0.05) is 22.2 Å². The zero-order valence-corrected chi connectivity index (χ0v) is 29.8. The average molecular weight is 653 g/mol. The van der Waals surface area contributed by atoms with Crippen molar-refractivity contribution in [3.63, 3.8) is 0 Å². The minimum atomic E-state index is 0.175. The zero-order valence-electron chi connectivity index (χ0n) is 29.8. The van der Waals surface area contributed by atoms with Gasteiger partial charge in [-0.3, -0.25) is 21.7 Å². The first-order chi connectivity index (χ1) is 23.2. The van der Waals surface area contributed by atoms with Crippen LogP contribution in [0.25, 0.3) is 0 Å². The molecule has 48 heavy (non-hydrogen) atoms. The second-order valence-electron chi connectivity index (χ2n) is 22.2. The van der Waals surface area contributed by atoms with Crippen molar-refractivity contribution >= 4 is 11.9 Å². The summed E-state index contributed by atoms with van der Waals surface area (Å²) in [6, 6.07) is 0. The van der Waals surface area contributed by atoms with Gasteiger partial charge in [0.15, 0.2) is 0 Å². The maximum atomic E-state index is 10.1. The molecule has 262 valence electrons. The molecule has 6 nitrogen and oxygen atoms in total. The van der Waals surface area contributed by atoms with Crippen molar-refractivity contribution in [2.45, 2.75) is 176 Å². The van der Waals surface area contributed by atoms with Gasteiger partial charge in [-0.05, 0) is 225 Å². The van der Waals surface area contributed by atoms with Crippen molar-refractivity contribution in [1.82, 2.24) is 20.7 Å². The van der Waals surface area contributed by atoms with Crippen LogP contribution in [0.3, 0.4) is 0 Å². The van der Waals surface area contributed by atoms with Gasteiger partial charge in [-0.2, -0.15) is 0 Å². The van der Waals surface area contributed by atoms with Crippen molar-refractivity contribution < 1.29 is 0 Å². The van der Waals surface area contributed by atoms with E-state index in [-0.39, 0.29) is 22.2 Å². The Morgan fingerprint density at radius 3 is 0.604 bits per heavy atom. The quantitative estimate of drug-likeness (QED) is 0.140. The lowest BCUT2D eigenvalue weighted by Crippen LogP contribution is -2.76. The molecule has 0 aromatic heterocycles. The third kappa shape index (κ3) is 4.10. The fourth-order valence-corrected chi connectivity index (χ4v) is 19.5. The van der Waals surface area contributed by atoms with Gasteiger partial charge in [0.2, 0.25) is 11.9 Å². The number of rotatable bonds is 4. The first-order valence-corrected chi connectivity index (χ1v) is 21.5. The van der Waals surface area contributed by atoms with Crippen LogP contribution in [0.2, 0.25) is 0 Å². The second-order valence-corrected chi connectivity index (χ2v) is 22.2. The topological polar surface area (TPSA) is 78.2 Å². The van der Waals surface area contributed by atoms with Crippen LogP contribution in [-0.4, -0.2) is 43.9 Å². The Morgan fingerprint density at radius 2 is 0.458 bits per heavy atom. The van der Waals surface area contributed by atoms with Crippen LogP contribution < -0.4 is 10.9 Å². The van der Waals surface area contributed by atoms with Gasteiger partial charge in [-0.1, -0.05) is 0 Å². The van der Waals surface area contributed by atoms with E-state index >= 15 is 0 Å². The molecule has 16 aliphatic rings. The van der Waals surface area contributed by atoms with E-state index < -0.39 is 0 Å². The summed E-state index contributed by atoms with van der Waals surface area (Å²) in [5.41, 5.74) is 8.04. The molecule has 16 rings (SSSR count). The van der Waals surface area contributed by atoms with Crippen LogP contribution in [0.5, 0.6) is 0 Å². The molecule has 0 atom stereocenters. The van der Waals surface area contributed by atoms with Crippen LogP contribution >= 0.6 is 0 Å². The van der Waals surface area contributed by atoms with Crippen molar-refractivity contribution in [1.29, 1.82) is 10.8 Å². The predicted octanol–water partition coefficient (Wildman–Crippen LogP) is 8.43. The van der Waals surface area contributed by atoms with Gasteiger partial charge in [-0.25, -0.2) is 0 Å². The van der Waals surface area contributed by atoms with Crippen LogP contribution in [0.4, 0.5) is 0 Å². The monoisotopic (exact) mass is 653 g/mol. The van der Waals surface area contributed by atoms with Crippen molar-refractivity contribution in [2.24, 2.45) is 71.0 Å². The molecular formula is C42H64N6. The first-order valence-electron chi connectivity index (χ1n) is 21.5. The van der Waals surface area contributed by atoms with Gasteiger partial charge >= 0.3 is 0 Å². The van der Waals surface area contributed by atoms with Crippen molar-refractivity contribution in [3.05, 3.63) is 0 Å². The molecule has 4 N–H and O–H groups in total. The van der Waals surface area contributed by atoms with Gasteiger partial charge in [0.05, 0.1) is 0 Å². The summed E-state index contributed by atoms with van der Waals surface area (Å²) in [5.74, 6) is 11.9. The molecule has 0 aromatic carbocycles. The SMILES string of the molecule is N=C(NNC(=N)N(C12CC3CC(CC(C3)C1)C2)C12CC3CC(CC(C3)C1)C2)N(C12CC3CC(CC(C3)C1)C2)C12CC3CC(CC(C3)C1)C2. The molecule has 0 unspecified atom stereocenters. The summed E-state index contributed by atoms with van der Waals surface area (Å²) >= 11 is 0. The summed E-state index contributed by atoms with van der Waals surface area (Å²) < 4.78 is 0. The Balaban J connectivity index is 0.882. The van der Waals surface area contributed by atoms with Crippen LogP contribution in [0.1, 0.15) is 154 Å². The maximum absolute atomic E-state index is 10.1. The van der Waals surface area contributed by atoms with Gasteiger partial charge in [0.1, 0.15) is 0 Å². The normalized spacial score (nSPS) is 56.9. The number of hydrogen-bond donors (Lipinski definition) is 4. The van der Waals surface area contributed by atoms with E-state index in [1.165, 1.54) is 154 Å². The third-order valence-corrected chi connectivity index (χ3v) is 18.7. The van der Waals surface area contributed by atoms with Crippen molar-refractivity contribution in [2.75, 3.05) is 0 Å². The number of nitrogens with zero attached hydrogens (tertiary/aromatic N) is 2. The molecule has 0 heterocycles. The first kappa shape index (κ1) is 29.2. The number of guanidine groups is 2. The summed E-state index contributed by atoms with van der Waals surface area (Å²) in [5, 5.41) is 20.3. The van der Waals surface area contributed by atoms with Crippen LogP contribution in [0.15, 0.2) is 0 Å². The minimum absolute atomic E-state index is 0.175. The van der Waals surface area contributed by atoms with E-state index in [1.54, 1.807) is 0 Å². The highest BCUT2D eigenvalue weighted by molar-refractivity contribution is 5.84. The highest BCUT2D eigenvalue weighted by atomic mass is 15.6. The highest BCUT2D eigenvalue weighted by Crippen LogP contribution is 2.66.